The van der Waals surface area contributed by atoms with Gasteiger partial charge in [-0.25, -0.2) is 0 Å². The van der Waals surface area contributed by atoms with Gasteiger partial charge in [0.05, 0.1) is 6.54 Å². The highest BCUT2D eigenvalue weighted by atomic mass is 16.2. The second-order valence-corrected chi connectivity index (χ2v) is 5.68. The zero-order valence-electron chi connectivity index (χ0n) is 13.2. The van der Waals surface area contributed by atoms with Crippen LogP contribution >= 0.6 is 0 Å². The summed E-state index contributed by atoms with van der Waals surface area (Å²) in [6.07, 6.45) is 4.88. The molecule has 1 saturated heterocycles. The lowest BCUT2D eigenvalue weighted by molar-refractivity contribution is -0.117. The van der Waals surface area contributed by atoms with Crippen LogP contribution in [-0.4, -0.2) is 42.9 Å². The minimum absolute atomic E-state index is 0.00709. The molecule has 1 aromatic rings. The van der Waals surface area contributed by atoms with Crippen molar-refractivity contribution in [2.75, 3.05) is 31.5 Å². The smallest absolute Gasteiger partial charge is 0.251 e. The van der Waals surface area contributed by atoms with Crippen LogP contribution < -0.4 is 10.6 Å². The van der Waals surface area contributed by atoms with Crippen molar-refractivity contribution in [3.05, 3.63) is 29.8 Å². The minimum atomic E-state index is -0.0926. The van der Waals surface area contributed by atoms with Crippen molar-refractivity contribution in [3.63, 3.8) is 0 Å². The van der Waals surface area contributed by atoms with E-state index in [1.54, 1.807) is 24.3 Å². The van der Waals surface area contributed by atoms with Crippen molar-refractivity contribution in [1.29, 1.82) is 0 Å². The van der Waals surface area contributed by atoms with Gasteiger partial charge in [0.1, 0.15) is 0 Å². The van der Waals surface area contributed by atoms with Gasteiger partial charge >= 0.3 is 0 Å². The molecular formula is C17H25N3O2. The first-order valence-corrected chi connectivity index (χ1v) is 8.09. The molecule has 1 aromatic carbocycles. The van der Waals surface area contributed by atoms with Crippen LogP contribution in [0.2, 0.25) is 0 Å². The summed E-state index contributed by atoms with van der Waals surface area (Å²) < 4.78 is 0. The summed E-state index contributed by atoms with van der Waals surface area (Å²) in [4.78, 5) is 26.0. The molecule has 1 heterocycles. The number of amides is 2. The zero-order chi connectivity index (χ0) is 15.8. The Labute approximate surface area is 132 Å². The van der Waals surface area contributed by atoms with Crippen molar-refractivity contribution in [3.8, 4) is 0 Å². The lowest BCUT2D eigenvalue weighted by Crippen LogP contribution is -2.33. The molecule has 1 aliphatic rings. The first-order valence-electron chi connectivity index (χ1n) is 8.09. The Morgan fingerprint density at radius 2 is 1.68 bits per heavy atom. The first kappa shape index (κ1) is 16.5. The number of rotatable bonds is 5. The van der Waals surface area contributed by atoms with Gasteiger partial charge < -0.3 is 10.6 Å². The Kier molecular flexibility index (Phi) is 6.40. The molecule has 120 valence electrons. The standard InChI is InChI=1S/C17H25N3O2/c1-2-18-17(22)14-7-9-15(10-8-14)19-16(21)13-20-11-5-3-4-6-12-20/h7-10H,2-6,11-13H2,1H3,(H,18,22)(H,19,21). The lowest BCUT2D eigenvalue weighted by Gasteiger charge is -2.19. The molecule has 1 fully saturated rings. The number of carbonyl (C=O) groups is 2. The van der Waals surface area contributed by atoms with Crippen LogP contribution in [0, 0.1) is 0 Å². The molecule has 5 nitrogen and oxygen atoms in total. The molecule has 0 aromatic heterocycles. The van der Waals surface area contributed by atoms with Crippen molar-refractivity contribution in [2.24, 2.45) is 0 Å². The highest BCUT2D eigenvalue weighted by Crippen LogP contribution is 2.11. The number of likely N-dealkylation sites (tertiary alicyclic amines) is 1. The second kappa shape index (κ2) is 8.54. The van der Waals surface area contributed by atoms with E-state index in [0.717, 1.165) is 18.8 Å². The maximum absolute atomic E-state index is 12.1. The Hall–Kier alpha value is -1.88. The van der Waals surface area contributed by atoms with Gasteiger partial charge in [-0.1, -0.05) is 12.8 Å². The van der Waals surface area contributed by atoms with E-state index in [1.807, 2.05) is 6.92 Å². The number of benzene rings is 1. The number of nitrogens with zero attached hydrogens (tertiary/aromatic N) is 1. The van der Waals surface area contributed by atoms with Crippen LogP contribution in [-0.2, 0) is 4.79 Å². The molecular weight excluding hydrogens is 278 g/mol. The number of nitrogens with one attached hydrogen (secondary N) is 2. The minimum Gasteiger partial charge on any atom is -0.352 e. The molecule has 22 heavy (non-hydrogen) atoms. The fourth-order valence-electron chi connectivity index (χ4n) is 2.67. The van der Waals surface area contributed by atoms with E-state index in [1.165, 1.54) is 25.7 Å². The third kappa shape index (κ3) is 5.15. The monoisotopic (exact) mass is 303 g/mol. The van der Waals surface area contributed by atoms with Crippen LogP contribution in [0.25, 0.3) is 0 Å². The van der Waals surface area contributed by atoms with Crippen LogP contribution in [0.4, 0.5) is 5.69 Å². The van der Waals surface area contributed by atoms with E-state index in [2.05, 4.69) is 15.5 Å². The van der Waals surface area contributed by atoms with Crippen LogP contribution in [0.5, 0.6) is 0 Å². The van der Waals surface area contributed by atoms with Gasteiger partial charge in [-0.15, -0.1) is 0 Å². The maximum Gasteiger partial charge on any atom is 0.251 e. The third-order valence-corrected chi connectivity index (χ3v) is 3.83. The fourth-order valence-corrected chi connectivity index (χ4v) is 2.67. The molecule has 0 atom stereocenters. The summed E-state index contributed by atoms with van der Waals surface area (Å²) in [5, 5.41) is 5.64. The van der Waals surface area contributed by atoms with Gasteiger partial charge in [0.15, 0.2) is 0 Å². The average molecular weight is 303 g/mol. The van der Waals surface area contributed by atoms with Crippen molar-refractivity contribution in [2.45, 2.75) is 32.6 Å². The normalized spacial score (nSPS) is 15.9. The maximum atomic E-state index is 12.1. The number of anilines is 1. The van der Waals surface area contributed by atoms with Crippen molar-refractivity contribution < 1.29 is 9.59 Å². The topological polar surface area (TPSA) is 61.4 Å². The highest BCUT2D eigenvalue weighted by Gasteiger charge is 2.13. The van der Waals surface area contributed by atoms with Gasteiger partial charge in [-0.05, 0) is 57.1 Å². The van der Waals surface area contributed by atoms with Crippen molar-refractivity contribution >= 4 is 17.5 Å². The summed E-state index contributed by atoms with van der Waals surface area (Å²) in [5.41, 5.74) is 1.33. The molecule has 0 bridgehead atoms. The van der Waals surface area contributed by atoms with Crippen LogP contribution in [0.15, 0.2) is 24.3 Å². The number of carbonyl (C=O) groups excluding carboxylic acids is 2. The molecule has 2 amide bonds. The molecule has 2 N–H and O–H groups in total. The molecule has 0 unspecified atom stereocenters. The summed E-state index contributed by atoms with van der Waals surface area (Å²) in [6, 6.07) is 6.99. The summed E-state index contributed by atoms with van der Waals surface area (Å²) >= 11 is 0. The van der Waals surface area contributed by atoms with Gasteiger partial charge in [0.2, 0.25) is 5.91 Å². The first-order chi connectivity index (χ1) is 10.7. The predicted molar refractivity (Wildman–Crippen MR) is 88.0 cm³/mol. The molecule has 0 radical (unpaired) electrons. The Bertz CT molecular complexity index is 491. The molecule has 0 aliphatic carbocycles. The van der Waals surface area contributed by atoms with E-state index in [9.17, 15) is 9.59 Å². The Balaban J connectivity index is 1.84. The lowest BCUT2D eigenvalue weighted by atomic mass is 10.2. The fraction of sp³-hybridized carbons (Fsp3) is 0.529. The molecule has 5 heteroatoms. The summed E-state index contributed by atoms with van der Waals surface area (Å²) in [6.45, 7) is 4.94. The quantitative estimate of drug-likeness (QED) is 0.877. The molecule has 0 saturated carbocycles. The van der Waals surface area contributed by atoms with Crippen LogP contribution in [0.3, 0.4) is 0 Å². The largest absolute Gasteiger partial charge is 0.352 e. The highest BCUT2D eigenvalue weighted by molar-refractivity contribution is 5.96. The Morgan fingerprint density at radius 1 is 1.05 bits per heavy atom. The van der Waals surface area contributed by atoms with E-state index in [-0.39, 0.29) is 11.8 Å². The van der Waals surface area contributed by atoms with E-state index < -0.39 is 0 Å². The molecule has 2 rings (SSSR count). The Morgan fingerprint density at radius 3 is 2.27 bits per heavy atom. The predicted octanol–water partition coefficient (Wildman–Crippen LogP) is 2.25. The second-order valence-electron chi connectivity index (χ2n) is 5.68. The summed E-state index contributed by atoms with van der Waals surface area (Å²) in [7, 11) is 0. The van der Waals surface area contributed by atoms with Gasteiger partial charge in [-0.3, -0.25) is 14.5 Å². The van der Waals surface area contributed by atoms with Gasteiger partial charge in [0, 0.05) is 17.8 Å². The molecule has 0 spiro atoms. The van der Waals surface area contributed by atoms with E-state index in [4.69, 9.17) is 0 Å². The van der Waals surface area contributed by atoms with Gasteiger partial charge in [-0.2, -0.15) is 0 Å². The SMILES string of the molecule is CCNC(=O)c1ccc(NC(=O)CN2CCCCCC2)cc1. The average Bonchev–Trinajstić information content (AvgIpc) is 2.77. The number of hydrogen-bond donors (Lipinski definition) is 2. The van der Waals surface area contributed by atoms with Crippen LogP contribution in [0.1, 0.15) is 43.0 Å². The molecule has 1 aliphatic heterocycles. The van der Waals surface area contributed by atoms with Crippen molar-refractivity contribution in [1.82, 2.24) is 10.2 Å². The van der Waals surface area contributed by atoms with E-state index in [0.29, 0.717) is 18.7 Å². The van der Waals surface area contributed by atoms with E-state index >= 15 is 0 Å². The number of hydrogen-bond acceptors (Lipinski definition) is 3. The van der Waals surface area contributed by atoms with Gasteiger partial charge in [0.25, 0.3) is 5.91 Å². The zero-order valence-corrected chi connectivity index (χ0v) is 13.2. The summed E-state index contributed by atoms with van der Waals surface area (Å²) in [5.74, 6) is -0.0856. The third-order valence-electron chi connectivity index (χ3n) is 3.83.